The molecule has 0 radical (unpaired) electrons. The van der Waals surface area contributed by atoms with E-state index < -0.39 is 0 Å². The smallest absolute Gasteiger partial charge is 0.0894 e. The maximum atomic E-state index is 12.0. The summed E-state index contributed by atoms with van der Waals surface area (Å²) in [6.45, 7) is 2.12. The minimum absolute atomic E-state index is 0.140. The van der Waals surface area contributed by atoms with Crippen LogP contribution in [0.2, 0.25) is 0 Å². The van der Waals surface area contributed by atoms with Crippen LogP contribution in [-0.2, 0) is 0 Å². The van der Waals surface area contributed by atoms with Crippen LogP contribution in [0.25, 0.3) is 0 Å². The highest BCUT2D eigenvalue weighted by atomic mass is 19.1. The van der Waals surface area contributed by atoms with Crippen LogP contribution in [0.5, 0.6) is 0 Å². The van der Waals surface area contributed by atoms with Crippen LogP contribution in [0, 0.1) is 23.7 Å². The van der Waals surface area contributed by atoms with Gasteiger partial charge in [-0.1, -0.05) is 70.6 Å². The summed E-state index contributed by atoms with van der Waals surface area (Å²) in [5, 5.41) is 0. The molecule has 0 nitrogen and oxygen atoms in total. The molecule has 22 heavy (non-hydrogen) atoms. The number of halogens is 1. The molecule has 0 aliphatic heterocycles. The topological polar surface area (TPSA) is 0 Å². The van der Waals surface area contributed by atoms with Gasteiger partial charge in [0, 0.05) is 12.3 Å². The Hall–Kier alpha value is -0.510. The van der Waals surface area contributed by atoms with Crippen molar-refractivity contribution in [2.45, 2.75) is 103 Å². The zero-order valence-electron chi connectivity index (χ0n) is 14.8. The first kappa shape index (κ1) is 19.5. The summed E-state index contributed by atoms with van der Waals surface area (Å²) >= 11 is 0. The molecule has 1 aliphatic rings. The van der Waals surface area contributed by atoms with E-state index in [9.17, 15) is 4.39 Å². The molecule has 0 saturated heterocycles. The van der Waals surface area contributed by atoms with Gasteiger partial charge in [0.2, 0.25) is 0 Å². The lowest BCUT2D eigenvalue weighted by atomic mass is 9.91. The molecule has 2 atom stereocenters. The summed E-state index contributed by atoms with van der Waals surface area (Å²) in [7, 11) is 0. The van der Waals surface area contributed by atoms with Gasteiger partial charge < -0.3 is 0 Å². The van der Waals surface area contributed by atoms with E-state index >= 15 is 0 Å². The molecule has 0 spiro atoms. The Labute approximate surface area is 138 Å². The minimum atomic E-state index is -0.140. The first-order chi connectivity index (χ1) is 10.9. The normalized spacial score (nSPS) is 20.8. The van der Waals surface area contributed by atoms with E-state index in [1.165, 1.54) is 77.0 Å². The maximum absolute atomic E-state index is 12.0. The SMILES string of the molecule is CCCCCCCC#C[C@@H]1CCC[C@@H]1CCCCCCCF. The summed E-state index contributed by atoms with van der Waals surface area (Å²) < 4.78 is 12.0. The highest BCUT2D eigenvalue weighted by Crippen LogP contribution is 2.35. The molecule has 0 aromatic heterocycles. The highest BCUT2D eigenvalue weighted by Gasteiger charge is 2.24. The largest absolute Gasteiger partial charge is 0.251 e. The Morgan fingerprint density at radius 3 is 2.41 bits per heavy atom. The molecule has 1 heteroatoms. The fourth-order valence-electron chi connectivity index (χ4n) is 3.62. The first-order valence-corrected chi connectivity index (χ1v) is 9.92. The molecule has 0 aromatic carbocycles. The fourth-order valence-corrected chi connectivity index (χ4v) is 3.62. The van der Waals surface area contributed by atoms with Crippen LogP contribution in [0.1, 0.15) is 103 Å². The van der Waals surface area contributed by atoms with E-state index in [1.807, 2.05) is 0 Å². The van der Waals surface area contributed by atoms with Crippen molar-refractivity contribution in [1.82, 2.24) is 0 Å². The third kappa shape index (κ3) is 9.50. The van der Waals surface area contributed by atoms with Gasteiger partial charge >= 0.3 is 0 Å². The van der Waals surface area contributed by atoms with Crippen molar-refractivity contribution < 1.29 is 4.39 Å². The molecule has 0 amide bonds. The quantitative estimate of drug-likeness (QED) is 0.267. The van der Waals surface area contributed by atoms with E-state index in [0.29, 0.717) is 5.92 Å². The first-order valence-electron chi connectivity index (χ1n) is 9.92. The van der Waals surface area contributed by atoms with Gasteiger partial charge in [0.1, 0.15) is 0 Å². The predicted octanol–water partition coefficient (Wildman–Crippen LogP) is 7.08. The summed E-state index contributed by atoms with van der Waals surface area (Å²) in [6, 6.07) is 0. The van der Waals surface area contributed by atoms with Gasteiger partial charge in [0.05, 0.1) is 6.67 Å². The lowest BCUT2D eigenvalue weighted by Gasteiger charge is -2.14. The molecule has 1 saturated carbocycles. The number of rotatable bonds is 12. The Kier molecular flexibility index (Phi) is 12.5. The van der Waals surface area contributed by atoms with Gasteiger partial charge in [-0.2, -0.15) is 0 Å². The average Bonchev–Trinajstić information content (AvgIpc) is 2.97. The summed E-state index contributed by atoms with van der Waals surface area (Å²) in [5.41, 5.74) is 0. The molecule has 1 fully saturated rings. The second-order valence-electron chi connectivity index (χ2n) is 7.03. The van der Waals surface area contributed by atoms with Crippen molar-refractivity contribution >= 4 is 0 Å². The molecule has 0 unspecified atom stereocenters. The van der Waals surface area contributed by atoms with Crippen LogP contribution < -0.4 is 0 Å². The van der Waals surface area contributed by atoms with E-state index in [4.69, 9.17) is 0 Å². The summed E-state index contributed by atoms with van der Waals surface area (Å²) in [6.07, 6.45) is 18.9. The van der Waals surface area contributed by atoms with E-state index in [-0.39, 0.29) is 6.67 Å². The average molecular weight is 309 g/mol. The van der Waals surface area contributed by atoms with Gasteiger partial charge in [0.15, 0.2) is 0 Å². The van der Waals surface area contributed by atoms with Crippen molar-refractivity contribution in [2.24, 2.45) is 11.8 Å². The maximum Gasteiger partial charge on any atom is 0.0894 e. The minimum Gasteiger partial charge on any atom is -0.251 e. The second kappa shape index (κ2) is 14.1. The molecular formula is C21H37F. The van der Waals surface area contributed by atoms with Gasteiger partial charge in [0.25, 0.3) is 0 Å². The van der Waals surface area contributed by atoms with Crippen molar-refractivity contribution in [3.8, 4) is 11.8 Å². The number of unbranched alkanes of at least 4 members (excludes halogenated alkanes) is 9. The third-order valence-electron chi connectivity index (χ3n) is 5.06. The van der Waals surface area contributed by atoms with Crippen molar-refractivity contribution in [2.75, 3.05) is 6.67 Å². The van der Waals surface area contributed by atoms with Crippen LogP contribution >= 0.6 is 0 Å². The zero-order valence-corrected chi connectivity index (χ0v) is 14.8. The standard InChI is InChI=1S/C21H37F/c1-2-3-4-5-6-8-11-15-20-17-14-18-21(20)16-12-9-7-10-13-19-22/h20-21H,2-10,12-14,16-19H2,1H3/t20-,21+/m1/s1. The van der Waals surface area contributed by atoms with Gasteiger partial charge in [-0.3, -0.25) is 4.39 Å². The summed E-state index contributed by atoms with van der Waals surface area (Å²) in [4.78, 5) is 0. The lowest BCUT2D eigenvalue weighted by Crippen LogP contribution is -2.05. The van der Waals surface area contributed by atoms with Crippen molar-refractivity contribution in [3.05, 3.63) is 0 Å². The Balaban J connectivity index is 2.07. The molecule has 0 heterocycles. The zero-order chi connectivity index (χ0) is 15.9. The lowest BCUT2D eigenvalue weighted by molar-refractivity contribution is 0.405. The van der Waals surface area contributed by atoms with Gasteiger partial charge in [-0.05, 0) is 38.0 Å². The van der Waals surface area contributed by atoms with Crippen LogP contribution in [-0.4, -0.2) is 6.67 Å². The van der Waals surface area contributed by atoms with E-state index in [0.717, 1.165) is 25.2 Å². The van der Waals surface area contributed by atoms with Crippen LogP contribution in [0.4, 0.5) is 4.39 Å². The van der Waals surface area contributed by atoms with Crippen LogP contribution in [0.3, 0.4) is 0 Å². The van der Waals surface area contributed by atoms with Gasteiger partial charge in [-0.15, -0.1) is 5.92 Å². The summed E-state index contributed by atoms with van der Waals surface area (Å²) in [5.74, 6) is 8.58. The Morgan fingerprint density at radius 2 is 1.59 bits per heavy atom. The molecule has 0 bridgehead atoms. The fraction of sp³-hybridized carbons (Fsp3) is 0.905. The molecule has 0 N–H and O–H groups in total. The number of hydrogen-bond donors (Lipinski definition) is 0. The second-order valence-corrected chi connectivity index (χ2v) is 7.03. The predicted molar refractivity (Wildman–Crippen MR) is 95.7 cm³/mol. The van der Waals surface area contributed by atoms with Crippen molar-refractivity contribution in [1.29, 1.82) is 0 Å². The molecule has 1 rings (SSSR count). The third-order valence-corrected chi connectivity index (χ3v) is 5.06. The van der Waals surface area contributed by atoms with Gasteiger partial charge in [-0.25, -0.2) is 0 Å². The van der Waals surface area contributed by atoms with Crippen molar-refractivity contribution in [3.63, 3.8) is 0 Å². The monoisotopic (exact) mass is 308 g/mol. The number of hydrogen-bond acceptors (Lipinski definition) is 0. The molecular weight excluding hydrogens is 271 g/mol. The Bertz CT molecular complexity index is 299. The molecule has 0 aromatic rings. The van der Waals surface area contributed by atoms with Crippen LogP contribution in [0.15, 0.2) is 0 Å². The Morgan fingerprint density at radius 1 is 0.864 bits per heavy atom. The number of alkyl halides is 1. The molecule has 128 valence electrons. The van der Waals surface area contributed by atoms with E-state index in [1.54, 1.807) is 0 Å². The molecule has 1 aliphatic carbocycles. The highest BCUT2D eigenvalue weighted by molar-refractivity contribution is 5.07. The van der Waals surface area contributed by atoms with E-state index in [2.05, 4.69) is 18.8 Å².